The zero-order chi connectivity index (χ0) is 28.4. The molecular weight excluding hydrogens is 551 g/mol. The Kier molecular flexibility index (Phi) is 8.00. The summed E-state index contributed by atoms with van der Waals surface area (Å²) in [6.07, 6.45) is -0.00580. The lowest BCUT2D eigenvalue weighted by atomic mass is 10.1. The van der Waals surface area contributed by atoms with Crippen LogP contribution in [-0.2, 0) is 19.6 Å². The monoisotopic (exact) mass is 578 g/mol. The molecule has 2 amide bonds. The minimum atomic E-state index is -0.416. The normalized spacial score (nSPS) is 12.8. The number of nitrogens with zero attached hydrogens (tertiary/aromatic N) is 3. The second-order valence-corrected chi connectivity index (χ2v) is 10.6. The molecule has 1 N–H and O–H groups in total. The molecule has 5 rings (SSSR count). The molecule has 10 heteroatoms. The van der Waals surface area contributed by atoms with Crippen molar-refractivity contribution in [2.75, 3.05) is 6.54 Å². The van der Waals surface area contributed by atoms with Crippen LogP contribution in [0.1, 0.15) is 46.0 Å². The Bertz CT molecular complexity index is 1610. The molecule has 8 nitrogen and oxygen atoms in total. The van der Waals surface area contributed by atoms with Crippen LogP contribution < -0.4 is 15.7 Å². The molecule has 1 aliphatic heterocycles. The highest BCUT2D eigenvalue weighted by atomic mass is 35.5. The number of carbonyl (C=O) groups excluding carboxylic acids is 2. The third-order valence-electron chi connectivity index (χ3n) is 6.61. The largest absolute Gasteiger partial charge is 0.491 e. The Balaban J connectivity index is 1.53. The van der Waals surface area contributed by atoms with Crippen molar-refractivity contribution < 1.29 is 14.3 Å². The van der Waals surface area contributed by atoms with Crippen molar-refractivity contribution in [1.29, 1.82) is 0 Å². The summed E-state index contributed by atoms with van der Waals surface area (Å²) in [4.78, 5) is 42.3. The van der Waals surface area contributed by atoms with Gasteiger partial charge < -0.3 is 15.0 Å². The van der Waals surface area contributed by atoms with Gasteiger partial charge in [-0.3, -0.25) is 18.7 Å². The Morgan fingerprint density at radius 2 is 1.68 bits per heavy atom. The Labute approximate surface area is 241 Å². The van der Waals surface area contributed by atoms with Crippen molar-refractivity contribution >= 4 is 35.0 Å². The third-order valence-corrected chi connectivity index (χ3v) is 7.35. The lowest BCUT2D eigenvalue weighted by Crippen LogP contribution is -2.41. The van der Waals surface area contributed by atoms with E-state index in [1.165, 1.54) is 10.6 Å². The average molecular weight is 579 g/mol. The lowest BCUT2D eigenvalue weighted by Gasteiger charge is -2.28. The highest BCUT2D eigenvalue weighted by molar-refractivity contribution is 6.42. The van der Waals surface area contributed by atoms with Gasteiger partial charge in [0, 0.05) is 25.2 Å². The topological polar surface area (TPSA) is 85.6 Å². The minimum absolute atomic E-state index is 0.00580. The summed E-state index contributed by atoms with van der Waals surface area (Å²) < 4.78 is 8.72. The molecule has 0 fully saturated rings. The predicted octanol–water partition coefficient (Wildman–Crippen LogP) is 5.32. The van der Waals surface area contributed by atoms with E-state index in [4.69, 9.17) is 27.9 Å². The van der Waals surface area contributed by atoms with Gasteiger partial charge in [-0.2, -0.15) is 0 Å². The summed E-state index contributed by atoms with van der Waals surface area (Å²) in [6, 6.07) is 21.2. The smallest absolute Gasteiger partial charge is 0.333 e. The number of hydrogen-bond acceptors (Lipinski definition) is 4. The van der Waals surface area contributed by atoms with Crippen molar-refractivity contribution in [3.63, 3.8) is 0 Å². The van der Waals surface area contributed by atoms with E-state index < -0.39 is 5.91 Å². The van der Waals surface area contributed by atoms with Crippen LogP contribution in [0.5, 0.6) is 5.75 Å². The van der Waals surface area contributed by atoms with E-state index in [0.717, 1.165) is 5.56 Å². The molecule has 0 saturated carbocycles. The van der Waals surface area contributed by atoms with Gasteiger partial charge in [0.15, 0.2) is 0 Å². The van der Waals surface area contributed by atoms with Crippen molar-refractivity contribution in [1.82, 2.24) is 19.4 Å². The zero-order valence-electron chi connectivity index (χ0n) is 22.1. The Morgan fingerprint density at radius 1 is 0.950 bits per heavy atom. The first-order chi connectivity index (χ1) is 19.2. The van der Waals surface area contributed by atoms with Crippen LogP contribution in [0.4, 0.5) is 0 Å². The molecule has 4 aromatic rings. The van der Waals surface area contributed by atoms with Crippen LogP contribution in [0, 0.1) is 0 Å². The third kappa shape index (κ3) is 5.64. The van der Waals surface area contributed by atoms with E-state index in [1.807, 2.05) is 44.2 Å². The molecule has 1 aromatic heterocycles. The molecule has 3 aromatic carbocycles. The van der Waals surface area contributed by atoms with Gasteiger partial charge in [0.2, 0.25) is 0 Å². The van der Waals surface area contributed by atoms with Gasteiger partial charge in [-0.1, -0.05) is 53.5 Å². The number of hydrogen-bond donors (Lipinski definition) is 1. The molecule has 206 valence electrons. The Morgan fingerprint density at radius 3 is 2.35 bits per heavy atom. The summed E-state index contributed by atoms with van der Waals surface area (Å²) in [5.74, 6) is -0.0267. The van der Waals surface area contributed by atoms with E-state index in [2.05, 4.69) is 5.32 Å². The predicted molar refractivity (Wildman–Crippen MR) is 155 cm³/mol. The van der Waals surface area contributed by atoms with Crippen molar-refractivity contribution in [2.45, 2.75) is 39.6 Å². The molecular formula is C30H28Cl2N4O4. The first kappa shape index (κ1) is 27.6. The number of amides is 2. The van der Waals surface area contributed by atoms with Crippen molar-refractivity contribution in [3.05, 3.63) is 116 Å². The van der Waals surface area contributed by atoms with Crippen LogP contribution in [0.25, 0.3) is 5.69 Å². The summed E-state index contributed by atoms with van der Waals surface area (Å²) >= 11 is 12.2. The number of imidazole rings is 1. The van der Waals surface area contributed by atoms with Gasteiger partial charge in [0.1, 0.15) is 11.4 Å². The minimum Gasteiger partial charge on any atom is -0.491 e. The van der Waals surface area contributed by atoms with Crippen LogP contribution in [0.2, 0.25) is 10.0 Å². The van der Waals surface area contributed by atoms with Crippen LogP contribution >= 0.6 is 23.2 Å². The maximum Gasteiger partial charge on any atom is 0.333 e. The van der Waals surface area contributed by atoms with Crippen LogP contribution in [0.3, 0.4) is 0 Å². The number of ether oxygens (including phenoxy) is 1. The van der Waals surface area contributed by atoms with Gasteiger partial charge in [-0.25, -0.2) is 4.79 Å². The number of nitrogens with one attached hydrogen (secondary N) is 1. The summed E-state index contributed by atoms with van der Waals surface area (Å²) in [5.41, 5.74) is 2.11. The zero-order valence-corrected chi connectivity index (χ0v) is 23.6. The number of rotatable bonds is 7. The molecule has 0 bridgehead atoms. The van der Waals surface area contributed by atoms with E-state index >= 15 is 0 Å². The number of benzene rings is 3. The molecule has 0 atom stereocenters. The van der Waals surface area contributed by atoms with Gasteiger partial charge in [-0.15, -0.1) is 0 Å². The molecule has 2 heterocycles. The Hall–Kier alpha value is -4.01. The van der Waals surface area contributed by atoms with E-state index in [0.29, 0.717) is 34.3 Å². The number of halogens is 2. The fourth-order valence-electron chi connectivity index (χ4n) is 4.73. The fourth-order valence-corrected chi connectivity index (χ4v) is 5.02. The molecule has 0 spiro atoms. The molecule has 1 aliphatic rings. The number of aromatic nitrogens is 2. The standard InChI is InChI=1S/C30H28Cl2N4O4/c1-19(2)40-23-11-9-22(10-12-23)36-27(28(37)33-17-20-6-4-3-5-7-20)26-18-34(14-15-35(26)30(36)39)29(38)21-8-13-24(31)25(32)16-21/h3-13,16,19H,14-15,17-18H2,1-2H3,(H,33,37). The van der Waals surface area contributed by atoms with E-state index in [1.54, 1.807) is 45.9 Å². The summed E-state index contributed by atoms with van der Waals surface area (Å²) in [7, 11) is 0. The number of fused-ring (bicyclic) bond motifs is 1. The maximum atomic E-state index is 13.7. The van der Waals surface area contributed by atoms with Crippen molar-refractivity contribution in [3.8, 4) is 11.4 Å². The van der Waals surface area contributed by atoms with E-state index in [-0.39, 0.29) is 48.1 Å². The van der Waals surface area contributed by atoms with Crippen LogP contribution in [-0.4, -0.2) is 38.5 Å². The van der Waals surface area contributed by atoms with Gasteiger partial charge in [0.25, 0.3) is 11.8 Å². The molecule has 0 unspecified atom stereocenters. The first-order valence-electron chi connectivity index (χ1n) is 12.9. The lowest BCUT2D eigenvalue weighted by molar-refractivity contribution is 0.0706. The van der Waals surface area contributed by atoms with Crippen molar-refractivity contribution in [2.24, 2.45) is 0 Å². The average Bonchev–Trinajstić information content (AvgIpc) is 3.25. The molecule has 0 radical (unpaired) electrons. The molecule has 0 aliphatic carbocycles. The molecule has 0 saturated heterocycles. The molecule has 40 heavy (non-hydrogen) atoms. The SMILES string of the molecule is CC(C)Oc1ccc(-n2c(C(=O)NCc3ccccc3)c3n(c2=O)CCN(C(=O)c2ccc(Cl)c(Cl)c2)C3)cc1. The van der Waals surface area contributed by atoms with Gasteiger partial charge >= 0.3 is 5.69 Å². The van der Waals surface area contributed by atoms with Gasteiger partial charge in [-0.05, 0) is 61.9 Å². The highest BCUT2D eigenvalue weighted by Crippen LogP contribution is 2.26. The van der Waals surface area contributed by atoms with Gasteiger partial charge in [0.05, 0.1) is 34.1 Å². The van der Waals surface area contributed by atoms with E-state index in [9.17, 15) is 14.4 Å². The quantitative estimate of drug-likeness (QED) is 0.321. The first-order valence-corrected chi connectivity index (χ1v) is 13.7. The highest BCUT2D eigenvalue weighted by Gasteiger charge is 2.32. The summed E-state index contributed by atoms with van der Waals surface area (Å²) in [6.45, 7) is 4.75. The summed E-state index contributed by atoms with van der Waals surface area (Å²) in [5, 5.41) is 3.57. The van der Waals surface area contributed by atoms with Crippen LogP contribution in [0.15, 0.2) is 77.6 Å². The maximum absolute atomic E-state index is 13.7. The number of carbonyl (C=O) groups is 2. The second-order valence-electron chi connectivity index (χ2n) is 9.75. The second kappa shape index (κ2) is 11.6. The fraction of sp³-hybridized carbons (Fsp3) is 0.233.